The first-order chi connectivity index (χ1) is 14.5. The molecule has 30 heavy (non-hydrogen) atoms. The van der Waals surface area contributed by atoms with E-state index in [4.69, 9.17) is 4.42 Å². The van der Waals surface area contributed by atoms with Gasteiger partial charge >= 0.3 is 0 Å². The summed E-state index contributed by atoms with van der Waals surface area (Å²) in [7, 11) is 2.00. The molecule has 0 N–H and O–H groups in total. The van der Waals surface area contributed by atoms with Crippen LogP contribution in [0.3, 0.4) is 0 Å². The molecule has 3 atom stereocenters. The molecule has 1 amide bonds. The van der Waals surface area contributed by atoms with Crippen LogP contribution in [-0.2, 0) is 16.6 Å². The van der Waals surface area contributed by atoms with Gasteiger partial charge in [-0.25, -0.2) is 0 Å². The minimum absolute atomic E-state index is 0.0157. The predicted molar refractivity (Wildman–Crippen MR) is 119 cm³/mol. The standard InChI is InChI=1S/C26H32N2O2/c1-18-4-8-21-15-23-25(27(3)24(29)9-7-20-10-13-30-17-20)26(2,22(21)14-18)11-12-28(23)16-19-5-6-19/h4,7-10,13-14,17,19,23,25H,5-6,11-12,15-16H2,1-3H3/b9-7+/t23?,25-,26-/m1/s1. The Labute approximate surface area is 179 Å². The van der Waals surface area contributed by atoms with Gasteiger partial charge in [-0.2, -0.15) is 0 Å². The van der Waals surface area contributed by atoms with Crippen LogP contribution in [0.2, 0.25) is 0 Å². The van der Waals surface area contributed by atoms with Crippen LogP contribution in [-0.4, -0.2) is 47.9 Å². The number of benzene rings is 1. The molecule has 158 valence electrons. The molecule has 1 aromatic heterocycles. The number of piperidine rings is 1. The van der Waals surface area contributed by atoms with Gasteiger partial charge in [-0.1, -0.05) is 30.7 Å². The molecule has 2 aliphatic carbocycles. The lowest BCUT2D eigenvalue weighted by molar-refractivity contribution is -0.132. The van der Waals surface area contributed by atoms with Crippen molar-refractivity contribution in [3.63, 3.8) is 0 Å². The van der Waals surface area contributed by atoms with E-state index < -0.39 is 0 Å². The van der Waals surface area contributed by atoms with E-state index in [0.717, 1.165) is 30.9 Å². The summed E-state index contributed by atoms with van der Waals surface area (Å²) in [5.41, 5.74) is 5.13. The molecule has 2 fully saturated rings. The number of likely N-dealkylation sites (N-methyl/N-ethyl adjacent to an activating group) is 1. The maximum absolute atomic E-state index is 13.2. The molecular weight excluding hydrogens is 372 g/mol. The molecule has 4 nitrogen and oxygen atoms in total. The van der Waals surface area contributed by atoms with Crippen LogP contribution >= 0.6 is 0 Å². The van der Waals surface area contributed by atoms with Crippen molar-refractivity contribution in [3.05, 3.63) is 65.1 Å². The van der Waals surface area contributed by atoms with E-state index in [1.165, 1.54) is 36.1 Å². The third-order valence-corrected chi connectivity index (χ3v) is 7.63. The van der Waals surface area contributed by atoms with Gasteiger partial charge in [-0.3, -0.25) is 9.69 Å². The number of aryl methyl sites for hydroxylation is 1. The summed E-state index contributed by atoms with van der Waals surface area (Å²) < 4.78 is 5.12. The molecule has 1 saturated carbocycles. The highest BCUT2D eigenvalue weighted by Gasteiger charge is 2.53. The first-order valence-electron chi connectivity index (χ1n) is 11.3. The summed E-state index contributed by atoms with van der Waals surface area (Å²) in [4.78, 5) is 17.9. The number of carbonyl (C=O) groups excluding carboxylic acids is 1. The second-order valence-electron chi connectivity index (χ2n) is 9.82. The molecule has 0 spiro atoms. The van der Waals surface area contributed by atoms with Crippen molar-refractivity contribution in [2.45, 2.75) is 57.0 Å². The first-order valence-corrected chi connectivity index (χ1v) is 11.3. The second kappa shape index (κ2) is 7.42. The molecule has 3 aliphatic rings. The maximum Gasteiger partial charge on any atom is 0.246 e. The van der Waals surface area contributed by atoms with Gasteiger partial charge in [0.15, 0.2) is 0 Å². The van der Waals surface area contributed by atoms with Gasteiger partial charge in [0.05, 0.1) is 18.6 Å². The van der Waals surface area contributed by atoms with Crippen molar-refractivity contribution in [2.24, 2.45) is 5.92 Å². The fraction of sp³-hybridized carbons (Fsp3) is 0.500. The van der Waals surface area contributed by atoms with E-state index in [2.05, 4.69) is 36.9 Å². The highest BCUT2D eigenvalue weighted by molar-refractivity contribution is 5.92. The summed E-state index contributed by atoms with van der Waals surface area (Å²) in [5, 5.41) is 0. The first kappa shape index (κ1) is 19.6. The van der Waals surface area contributed by atoms with Crippen LogP contribution < -0.4 is 0 Å². The minimum Gasteiger partial charge on any atom is -0.472 e. The lowest BCUT2D eigenvalue weighted by Crippen LogP contribution is -2.68. The van der Waals surface area contributed by atoms with Crippen molar-refractivity contribution < 1.29 is 9.21 Å². The molecule has 0 radical (unpaired) electrons. The van der Waals surface area contributed by atoms with Gasteiger partial charge in [0.1, 0.15) is 0 Å². The zero-order valence-electron chi connectivity index (χ0n) is 18.3. The van der Waals surface area contributed by atoms with Gasteiger partial charge in [0.25, 0.3) is 0 Å². The van der Waals surface area contributed by atoms with Crippen LogP contribution in [0, 0.1) is 12.8 Å². The number of carbonyl (C=O) groups is 1. The average molecular weight is 405 g/mol. The normalized spacial score (nSPS) is 28.5. The van der Waals surface area contributed by atoms with E-state index in [0.29, 0.717) is 6.04 Å². The fourth-order valence-corrected chi connectivity index (χ4v) is 5.81. The van der Waals surface area contributed by atoms with Gasteiger partial charge < -0.3 is 9.32 Å². The molecule has 1 aromatic carbocycles. The lowest BCUT2D eigenvalue weighted by Gasteiger charge is -2.58. The lowest BCUT2D eigenvalue weighted by atomic mass is 9.61. The summed E-state index contributed by atoms with van der Waals surface area (Å²) in [6.07, 6.45) is 11.7. The predicted octanol–water partition coefficient (Wildman–Crippen LogP) is 4.43. The molecule has 1 aliphatic heterocycles. The molecule has 1 unspecified atom stereocenters. The largest absolute Gasteiger partial charge is 0.472 e. The smallest absolute Gasteiger partial charge is 0.246 e. The van der Waals surface area contributed by atoms with Crippen LogP contribution in [0.5, 0.6) is 0 Å². The Morgan fingerprint density at radius 2 is 2.17 bits per heavy atom. The Morgan fingerprint density at radius 3 is 2.90 bits per heavy atom. The quantitative estimate of drug-likeness (QED) is 0.692. The number of hydrogen-bond donors (Lipinski definition) is 0. The second-order valence-corrected chi connectivity index (χ2v) is 9.82. The zero-order valence-corrected chi connectivity index (χ0v) is 18.3. The highest BCUT2D eigenvalue weighted by Crippen LogP contribution is 2.48. The maximum atomic E-state index is 13.2. The number of furan rings is 1. The van der Waals surface area contributed by atoms with E-state index in [1.807, 2.05) is 24.1 Å². The average Bonchev–Trinajstić information content (AvgIpc) is 3.39. The summed E-state index contributed by atoms with van der Waals surface area (Å²) >= 11 is 0. The number of likely N-dealkylation sites (tertiary alicyclic amines) is 1. The molecule has 5 rings (SSSR count). The zero-order chi connectivity index (χ0) is 20.9. The Morgan fingerprint density at radius 1 is 1.33 bits per heavy atom. The minimum atomic E-state index is -0.0157. The topological polar surface area (TPSA) is 36.7 Å². The van der Waals surface area contributed by atoms with E-state index in [9.17, 15) is 4.79 Å². The van der Waals surface area contributed by atoms with E-state index in [1.54, 1.807) is 18.6 Å². The number of nitrogens with zero attached hydrogens (tertiary/aromatic N) is 2. The summed E-state index contributed by atoms with van der Waals surface area (Å²) in [6.45, 7) is 6.88. The van der Waals surface area contributed by atoms with Crippen LogP contribution in [0.1, 0.15) is 48.4 Å². The van der Waals surface area contributed by atoms with Crippen LogP contribution in [0.15, 0.2) is 47.3 Å². The van der Waals surface area contributed by atoms with Crippen LogP contribution in [0.4, 0.5) is 0 Å². The van der Waals surface area contributed by atoms with Crippen molar-refractivity contribution in [3.8, 4) is 0 Å². The number of fused-ring (bicyclic) bond motifs is 4. The van der Waals surface area contributed by atoms with Gasteiger partial charge in [-0.15, -0.1) is 0 Å². The highest BCUT2D eigenvalue weighted by atomic mass is 16.3. The number of hydrogen-bond acceptors (Lipinski definition) is 3. The molecule has 1 saturated heterocycles. The Hall–Kier alpha value is -2.33. The van der Waals surface area contributed by atoms with E-state index in [-0.39, 0.29) is 17.4 Å². The fourth-order valence-electron chi connectivity index (χ4n) is 5.81. The van der Waals surface area contributed by atoms with Crippen molar-refractivity contribution in [1.29, 1.82) is 0 Å². The monoisotopic (exact) mass is 404 g/mol. The van der Waals surface area contributed by atoms with Crippen molar-refractivity contribution in [1.82, 2.24) is 9.80 Å². The van der Waals surface area contributed by atoms with Gasteiger partial charge in [-0.05, 0) is 68.3 Å². The molecule has 4 heteroatoms. The molecule has 2 bridgehead atoms. The number of amides is 1. The SMILES string of the molecule is Cc1ccc2c(c1)[C@@]1(C)CCN(CC3CC3)C(C2)[C@H]1N(C)C(=O)/C=C/c1ccoc1. The Balaban J connectivity index is 1.49. The molecular formula is C26H32N2O2. The Kier molecular flexibility index (Phi) is 4.85. The van der Waals surface area contributed by atoms with Crippen LogP contribution in [0.25, 0.3) is 6.08 Å². The summed E-state index contributed by atoms with van der Waals surface area (Å²) in [5.74, 6) is 0.929. The number of rotatable bonds is 5. The summed E-state index contributed by atoms with van der Waals surface area (Å²) in [6, 6.07) is 9.38. The molecule has 2 aromatic rings. The Bertz CT molecular complexity index is 959. The van der Waals surface area contributed by atoms with Gasteiger partial charge in [0, 0.05) is 36.7 Å². The third-order valence-electron chi connectivity index (χ3n) is 7.63. The van der Waals surface area contributed by atoms with Crippen molar-refractivity contribution in [2.75, 3.05) is 20.1 Å². The van der Waals surface area contributed by atoms with E-state index >= 15 is 0 Å². The van der Waals surface area contributed by atoms with Crippen molar-refractivity contribution >= 4 is 12.0 Å². The van der Waals surface area contributed by atoms with Gasteiger partial charge in [0.2, 0.25) is 5.91 Å². The molecule has 2 heterocycles. The third kappa shape index (κ3) is 3.41.